The van der Waals surface area contributed by atoms with Gasteiger partial charge in [0.1, 0.15) is 17.7 Å². The van der Waals surface area contributed by atoms with E-state index in [4.69, 9.17) is 0 Å². The van der Waals surface area contributed by atoms with Crippen molar-refractivity contribution in [2.75, 3.05) is 18.0 Å². The number of nitriles is 2. The van der Waals surface area contributed by atoms with Crippen LogP contribution in [0.3, 0.4) is 0 Å². The molecule has 30 heavy (non-hydrogen) atoms. The van der Waals surface area contributed by atoms with E-state index >= 15 is 0 Å². The molecule has 158 valence electrons. The first kappa shape index (κ1) is 23.5. The van der Waals surface area contributed by atoms with Gasteiger partial charge in [-0.1, -0.05) is 70.9 Å². The highest BCUT2D eigenvalue weighted by atomic mass is 15.1. The third-order valence-electron chi connectivity index (χ3n) is 5.57. The molecule has 0 unspecified atom stereocenters. The molecule has 0 saturated heterocycles. The highest BCUT2D eigenvalue weighted by molar-refractivity contribution is 5.59. The number of benzene rings is 1. The molecule has 0 spiro atoms. The Labute approximate surface area is 183 Å². The van der Waals surface area contributed by atoms with Crippen LogP contribution >= 0.6 is 0 Å². The fourth-order valence-corrected chi connectivity index (χ4v) is 3.96. The molecule has 0 fully saturated rings. The number of anilines is 1. The second-order valence-corrected chi connectivity index (χ2v) is 8.98. The predicted octanol–water partition coefficient (Wildman–Crippen LogP) is 7.20. The van der Waals surface area contributed by atoms with Crippen molar-refractivity contribution in [3.8, 4) is 12.1 Å². The highest BCUT2D eigenvalue weighted by Gasteiger charge is 2.26. The molecule has 1 aromatic rings. The quantitative estimate of drug-likeness (QED) is 0.411. The molecule has 1 aliphatic rings. The first-order valence-electron chi connectivity index (χ1n) is 11.2. The molecule has 0 radical (unpaired) electrons. The van der Waals surface area contributed by atoms with Gasteiger partial charge in [-0.2, -0.15) is 10.5 Å². The summed E-state index contributed by atoms with van der Waals surface area (Å²) in [6, 6.07) is 12.9. The minimum atomic E-state index is 0.0472. The van der Waals surface area contributed by atoms with Gasteiger partial charge in [0.05, 0.1) is 0 Å². The van der Waals surface area contributed by atoms with Crippen molar-refractivity contribution in [1.82, 2.24) is 0 Å². The van der Waals surface area contributed by atoms with Gasteiger partial charge in [-0.25, -0.2) is 0 Å². The summed E-state index contributed by atoms with van der Waals surface area (Å²) in [4.78, 5) is 2.50. The molecular formula is C27H35N3. The van der Waals surface area contributed by atoms with Crippen LogP contribution in [0, 0.1) is 28.1 Å². The lowest BCUT2D eigenvalue weighted by atomic mass is 9.74. The Bertz CT molecular complexity index is 846. The normalized spacial score (nSPS) is 15.4. The molecule has 0 N–H and O–H groups in total. The van der Waals surface area contributed by atoms with Gasteiger partial charge in [-0.15, -0.1) is 0 Å². The fourth-order valence-electron chi connectivity index (χ4n) is 3.96. The Balaban J connectivity index is 2.18. The molecule has 0 aliphatic heterocycles. The largest absolute Gasteiger partial charge is 0.372 e. The molecule has 0 saturated carbocycles. The van der Waals surface area contributed by atoms with Crippen LogP contribution in [0.1, 0.15) is 71.8 Å². The van der Waals surface area contributed by atoms with Crippen molar-refractivity contribution >= 4 is 11.8 Å². The van der Waals surface area contributed by atoms with Gasteiger partial charge in [0.2, 0.25) is 0 Å². The van der Waals surface area contributed by atoms with E-state index in [0.29, 0.717) is 0 Å². The number of hydrogen-bond donors (Lipinski definition) is 0. The van der Waals surface area contributed by atoms with Crippen LogP contribution in [-0.2, 0) is 0 Å². The van der Waals surface area contributed by atoms with E-state index in [1.807, 2.05) is 18.2 Å². The van der Waals surface area contributed by atoms with Crippen LogP contribution in [0.15, 0.2) is 53.1 Å². The first-order valence-corrected chi connectivity index (χ1v) is 11.2. The molecular weight excluding hydrogens is 366 g/mol. The standard InChI is InChI=1S/C27H35N3/c1-5-7-15-30(16-8-6-2)26-13-11-22(12-14-26)9-10-23-17-24(25(20-28)21-29)19-27(3,4)18-23/h9-14,17H,5-8,15-16,18-19H2,1-4H3/b10-9+. The molecule has 0 amide bonds. The SMILES string of the molecule is CCCCN(CCCC)c1ccc(/C=C/C2=CC(=C(C#N)C#N)CC(C)(C)C2)cc1. The van der Waals surface area contributed by atoms with E-state index in [1.54, 1.807) is 0 Å². The van der Waals surface area contributed by atoms with Crippen LogP contribution < -0.4 is 4.90 Å². The molecule has 0 aromatic heterocycles. The fraction of sp³-hybridized carbons (Fsp3) is 0.481. The lowest BCUT2D eigenvalue weighted by Crippen LogP contribution is -2.25. The molecule has 3 heteroatoms. The Kier molecular flexibility index (Phi) is 8.94. The summed E-state index contributed by atoms with van der Waals surface area (Å²) in [5.74, 6) is 0. The zero-order valence-electron chi connectivity index (χ0n) is 19.0. The molecule has 3 nitrogen and oxygen atoms in total. The van der Waals surface area contributed by atoms with Gasteiger partial charge in [-0.05, 0) is 59.9 Å². The molecule has 0 heterocycles. The number of unbranched alkanes of at least 4 members (excludes halogenated alkanes) is 2. The molecule has 0 atom stereocenters. The number of allylic oxidation sites excluding steroid dienone is 5. The zero-order valence-corrected chi connectivity index (χ0v) is 19.0. The van der Waals surface area contributed by atoms with E-state index in [0.717, 1.165) is 31.5 Å². The Hall–Kier alpha value is -2.78. The smallest absolute Gasteiger partial charge is 0.132 e. The summed E-state index contributed by atoms with van der Waals surface area (Å²) < 4.78 is 0. The van der Waals surface area contributed by atoms with Crippen LogP contribution in [-0.4, -0.2) is 13.1 Å². The molecule has 1 aliphatic carbocycles. The van der Waals surface area contributed by atoms with Crippen molar-refractivity contribution in [3.05, 3.63) is 58.7 Å². The maximum Gasteiger partial charge on any atom is 0.132 e. The third-order valence-corrected chi connectivity index (χ3v) is 5.57. The van der Waals surface area contributed by atoms with Gasteiger partial charge in [0.15, 0.2) is 0 Å². The summed E-state index contributed by atoms with van der Waals surface area (Å²) >= 11 is 0. The second kappa shape index (κ2) is 11.4. The maximum absolute atomic E-state index is 9.24. The summed E-state index contributed by atoms with van der Waals surface area (Å²) in [6.45, 7) is 11.1. The Morgan fingerprint density at radius 1 is 0.967 bits per heavy atom. The highest BCUT2D eigenvalue weighted by Crippen LogP contribution is 2.39. The number of hydrogen-bond acceptors (Lipinski definition) is 3. The van der Waals surface area contributed by atoms with Crippen LogP contribution in [0.4, 0.5) is 5.69 Å². The summed E-state index contributed by atoms with van der Waals surface area (Å²) in [6.07, 6.45) is 12.9. The van der Waals surface area contributed by atoms with E-state index in [9.17, 15) is 10.5 Å². The van der Waals surface area contributed by atoms with Crippen molar-refractivity contribution in [2.45, 2.75) is 66.2 Å². The predicted molar refractivity (Wildman–Crippen MR) is 127 cm³/mol. The average molecular weight is 402 g/mol. The van der Waals surface area contributed by atoms with Crippen molar-refractivity contribution < 1.29 is 0 Å². The number of rotatable bonds is 9. The van der Waals surface area contributed by atoms with Crippen LogP contribution in [0.5, 0.6) is 0 Å². The Morgan fingerprint density at radius 2 is 1.57 bits per heavy atom. The van der Waals surface area contributed by atoms with Gasteiger partial charge in [-0.3, -0.25) is 0 Å². The van der Waals surface area contributed by atoms with E-state index in [-0.39, 0.29) is 11.0 Å². The summed E-state index contributed by atoms with van der Waals surface area (Å²) in [7, 11) is 0. The molecule has 2 rings (SSSR count). The Morgan fingerprint density at radius 3 is 2.10 bits per heavy atom. The van der Waals surface area contributed by atoms with E-state index < -0.39 is 0 Å². The summed E-state index contributed by atoms with van der Waals surface area (Å²) in [5, 5.41) is 18.5. The lowest BCUT2D eigenvalue weighted by molar-refractivity contribution is 0.354. The minimum Gasteiger partial charge on any atom is -0.372 e. The third kappa shape index (κ3) is 6.93. The van der Waals surface area contributed by atoms with Crippen LogP contribution in [0.2, 0.25) is 0 Å². The van der Waals surface area contributed by atoms with Crippen molar-refractivity contribution in [3.63, 3.8) is 0 Å². The van der Waals surface area contributed by atoms with Crippen LogP contribution in [0.25, 0.3) is 6.08 Å². The first-order chi connectivity index (χ1) is 14.4. The zero-order chi connectivity index (χ0) is 22.0. The van der Waals surface area contributed by atoms with Crippen molar-refractivity contribution in [2.24, 2.45) is 5.41 Å². The number of nitrogens with zero attached hydrogens (tertiary/aromatic N) is 3. The lowest BCUT2D eigenvalue weighted by Gasteiger charge is -2.30. The molecule has 0 bridgehead atoms. The van der Waals surface area contributed by atoms with Gasteiger partial charge >= 0.3 is 0 Å². The summed E-state index contributed by atoms with van der Waals surface area (Å²) in [5.41, 5.74) is 4.77. The topological polar surface area (TPSA) is 50.8 Å². The average Bonchev–Trinajstić information content (AvgIpc) is 2.73. The van der Waals surface area contributed by atoms with Crippen molar-refractivity contribution in [1.29, 1.82) is 10.5 Å². The monoisotopic (exact) mass is 401 g/mol. The van der Waals surface area contributed by atoms with Gasteiger partial charge in [0.25, 0.3) is 0 Å². The maximum atomic E-state index is 9.24. The van der Waals surface area contributed by atoms with Gasteiger partial charge < -0.3 is 4.90 Å². The van der Waals surface area contributed by atoms with Gasteiger partial charge in [0, 0.05) is 18.8 Å². The van der Waals surface area contributed by atoms with E-state index in [1.165, 1.54) is 42.5 Å². The second-order valence-electron chi connectivity index (χ2n) is 8.98. The minimum absolute atomic E-state index is 0.0472. The van der Waals surface area contributed by atoms with E-state index in [2.05, 4.69) is 69.0 Å². The molecule has 1 aromatic carbocycles.